The molecule has 0 radical (unpaired) electrons. The van der Waals surface area contributed by atoms with Crippen molar-refractivity contribution in [1.29, 1.82) is 0 Å². The Morgan fingerprint density at radius 2 is 1.96 bits per heavy atom. The van der Waals surface area contributed by atoms with Gasteiger partial charge in [0.05, 0.1) is 30.1 Å². The number of amides is 5. The van der Waals surface area contributed by atoms with Crippen molar-refractivity contribution in [3.05, 3.63) is 42.3 Å². The standard InChI is InChI=1S/C34H40N8O8S2/c1-5-18-13-34(18,31(45)41-52(47,48)21-7-8-21)40-29(43)27-11-20(15-42(27)30(44)25-14-35-32(46)38-25)50-28-12-24(26-16-51-33(39-26)36-17(2)3)37-23-10-19(49-4)6-9-22(23)28/h5-6,9-10,12,16-18,20-21,25,27H,1,7-8,11,13-15H2,2-4H3,(H,36,39)(H,40,43)(H,41,45)(H2,35,38,46)/t18-,20-,25+,27+,34-/m1/s1. The predicted octanol–water partition coefficient (Wildman–Crippen LogP) is 1.89. The number of nitrogens with one attached hydrogen (secondary N) is 5. The van der Waals surface area contributed by atoms with Crippen LogP contribution in [0.5, 0.6) is 11.5 Å². The largest absolute Gasteiger partial charge is 0.497 e. The van der Waals surface area contributed by atoms with E-state index in [1.807, 2.05) is 25.3 Å². The minimum atomic E-state index is -3.89. The van der Waals surface area contributed by atoms with Crippen LogP contribution in [0.25, 0.3) is 22.3 Å². The van der Waals surface area contributed by atoms with E-state index in [1.165, 1.54) is 22.3 Å². The summed E-state index contributed by atoms with van der Waals surface area (Å²) in [5, 5.41) is 13.9. The van der Waals surface area contributed by atoms with E-state index in [0.29, 0.717) is 46.6 Å². The van der Waals surface area contributed by atoms with Crippen molar-refractivity contribution in [3.63, 3.8) is 0 Å². The van der Waals surface area contributed by atoms with Crippen LogP contribution in [0.3, 0.4) is 0 Å². The number of urea groups is 1. The molecule has 0 unspecified atom stereocenters. The number of hydrogen-bond donors (Lipinski definition) is 5. The third-order valence-electron chi connectivity index (χ3n) is 9.62. The molecule has 2 saturated carbocycles. The van der Waals surface area contributed by atoms with Gasteiger partial charge in [-0.05, 0) is 45.2 Å². The first-order valence-electron chi connectivity index (χ1n) is 17.0. The molecular formula is C34H40N8O8S2. The number of pyridine rings is 1. The summed E-state index contributed by atoms with van der Waals surface area (Å²) in [6, 6.07) is 4.77. The van der Waals surface area contributed by atoms with Crippen LogP contribution in [0, 0.1) is 5.92 Å². The smallest absolute Gasteiger partial charge is 0.315 e. The SMILES string of the molecule is C=C[C@@H]1C[C@]1(NC(=O)[C@@H]1C[C@@H](Oc2cc(-c3csc(NC(C)C)n3)nc3cc(OC)ccc23)CN1C(=O)[C@@H]1CNC(=O)N1)C(=O)NS(=O)(=O)C1CC1. The lowest BCUT2D eigenvalue weighted by molar-refractivity contribution is -0.140. The van der Waals surface area contributed by atoms with E-state index >= 15 is 0 Å². The maximum atomic E-state index is 14.1. The van der Waals surface area contributed by atoms with E-state index in [1.54, 1.807) is 25.3 Å². The van der Waals surface area contributed by atoms with Crippen LogP contribution < -0.4 is 35.5 Å². The topological polar surface area (TPSA) is 210 Å². The summed E-state index contributed by atoms with van der Waals surface area (Å²) in [4.78, 5) is 64.2. The van der Waals surface area contributed by atoms with Gasteiger partial charge in [-0.25, -0.2) is 23.2 Å². The zero-order valence-electron chi connectivity index (χ0n) is 28.8. The van der Waals surface area contributed by atoms with Crippen LogP contribution in [0.2, 0.25) is 0 Å². The van der Waals surface area contributed by atoms with Crippen LogP contribution in [0.1, 0.15) is 39.5 Å². The van der Waals surface area contributed by atoms with Gasteiger partial charge in [-0.2, -0.15) is 0 Å². The zero-order valence-corrected chi connectivity index (χ0v) is 30.4. The van der Waals surface area contributed by atoms with Gasteiger partial charge in [0.2, 0.25) is 21.8 Å². The Labute approximate surface area is 304 Å². The number of methoxy groups -OCH3 is 1. The average Bonchev–Trinajstić information content (AvgIpc) is 3.93. The number of thiazole rings is 1. The number of nitrogens with zero attached hydrogens (tertiary/aromatic N) is 3. The van der Waals surface area contributed by atoms with Crippen LogP contribution in [0.4, 0.5) is 9.93 Å². The highest BCUT2D eigenvalue weighted by molar-refractivity contribution is 7.91. The van der Waals surface area contributed by atoms with Gasteiger partial charge >= 0.3 is 6.03 Å². The first kappa shape index (κ1) is 35.4. The third-order valence-corrected chi connectivity index (χ3v) is 12.2. The van der Waals surface area contributed by atoms with Gasteiger partial charge < -0.3 is 35.6 Å². The van der Waals surface area contributed by atoms with Crippen LogP contribution >= 0.6 is 11.3 Å². The second-order valence-electron chi connectivity index (χ2n) is 13.8. The van der Waals surface area contributed by atoms with Gasteiger partial charge in [0.1, 0.15) is 40.9 Å². The Morgan fingerprint density at radius 3 is 2.62 bits per heavy atom. The molecule has 5 atom stereocenters. The highest BCUT2D eigenvalue weighted by Crippen LogP contribution is 2.45. The number of likely N-dealkylation sites (tertiary alicyclic amines) is 1. The fraction of sp³-hybridized carbons (Fsp3) is 0.471. The second kappa shape index (κ2) is 13.5. The van der Waals surface area contributed by atoms with E-state index in [9.17, 15) is 27.6 Å². The van der Waals surface area contributed by atoms with E-state index in [4.69, 9.17) is 19.4 Å². The fourth-order valence-electron chi connectivity index (χ4n) is 6.61. The van der Waals surface area contributed by atoms with Crippen molar-refractivity contribution in [2.45, 2.75) is 74.5 Å². The van der Waals surface area contributed by atoms with E-state index < -0.39 is 68.7 Å². The van der Waals surface area contributed by atoms with E-state index in [2.05, 4.69) is 32.6 Å². The van der Waals surface area contributed by atoms with Crippen molar-refractivity contribution in [2.24, 2.45) is 5.92 Å². The summed E-state index contributed by atoms with van der Waals surface area (Å²) >= 11 is 1.44. The number of rotatable bonds is 13. The summed E-state index contributed by atoms with van der Waals surface area (Å²) in [5.74, 6) is -1.48. The number of carbonyl (C=O) groups is 4. The van der Waals surface area contributed by atoms with Crippen LogP contribution in [0.15, 0.2) is 42.3 Å². The fourth-order valence-corrected chi connectivity index (χ4v) is 8.83. The van der Waals surface area contributed by atoms with Gasteiger partial charge in [-0.1, -0.05) is 6.08 Å². The summed E-state index contributed by atoms with van der Waals surface area (Å²) in [6.07, 6.45) is 1.91. The van der Waals surface area contributed by atoms with Crippen molar-refractivity contribution < 1.29 is 37.1 Å². The highest BCUT2D eigenvalue weighted by Gasteiger charge is 2.62. The van der Waals surface area contributed by atoms with Crippen molar-refractivity contribution in [1.82, 2.24) is 35.5 Å². The molecule has 52 heavy (non-hydrogen) atoms. The number of ether oxygens (including phenoxy) is 2. The molecule has 1 aromatic carbocycles. The Balaban J connectivity index is 1.18. The monoisotopic (exact) mass is 752 g/mol. The van der Waals surface area contributed by atoms with Gasteiger partial charge in [0.15, 0.2) is 5.13 Å². The molecule has 2 aromatic heterocycles. The quantitative estimate of drug-likeness (QED) is 0.159. The molecule has 2 aliphatic carbocycles. The van der Waals surface area contributed by atoms with Gasteiger partial charge in [0.25, 0.3) is 5.91 Å². The maximum absolute atomic E-state index is 14.1. The lowest BCUT2D eigenvalue weighted by atomic mass is 10.1. The second-order valence-corrected chi connectivity index (χ2v) is 16.6. The molecule has 5 amide bonds. The maximum Gasteiger partial charge on any atom is 0.315 e. The number of fused-ring (bicyclic) bond motifs is 1. The Bertz CT molecular complexity index is 2070. The molecule has 3 aromatic rings. The van der Waals surface area contributed by atoms with E-state index in [-0.39, 0.29) is 32.0 Å². The number of carbonyl (C=O) groups excluding carboxylic acids is 4. The van der Waals surface area contributed by atoms with Gasteiger partial charge in [-0.15, -0.1) is 17.9 Å². The molecule has 276 valence electrons. The number of sulfonamides is 1. The van der Waals surface area contributed by atoms with Gasteiger partial charge in [0, 0.05) is 47.8 Å². The number of aromatic nitrogens is 2. The van der Waals surface area contributed by atoms with Crippen molar-refractivity contribution >= 4 is 61.1 Å². The summed E-state index contributed by atoms with van der Waals surface area (Å²) in [7, 11) is -2.33. The lowest BCUT2D eigenvalue weighted by Crippen LogP contribution is -2.58. The molecule has 5 N–H and O–H groups in total. The Morgan fingerprint density at radius 1 is 1.17 bits per heavy atom. The van der Waals surface area contributed by atoms with Crippen molar-refractivity contribution in [2.75, 3.05) is 25.5 Å². The molecule has 4 aliphatic rings. The molecular weight excluding hydrogens is 713 g/mol. The van der Waals surface area contributed by atoms with E-state index in [0.717, 1.165) is 5.13 Å². The van der Waals surface area contributed by atoms with Gasteiger partial charge in [-0.3, -0.25) is 19.1 Å². The minimum absolute atomic E-state index is 0.0160. The predicted molar refractivity (Wildman–Crippen MR) is 192 cm³/mol. The molecule has 0 bridgehead atoms. The molecule has 2 saturated heterocycles. The summed E-state index contributed by atoms with van der Waals surface area (Å²) in [6.45, 7) is 7.80. The summed E-state index contributed by atoms with van der Waals surface area (Å²) in [5.41, 5.74) is 0.212. The van der Waals surface area contributed by atoms with Crippen LogP contribution in [-0.2, 0) is 24.4 Å². The Kier molecular flexibility index (Phi) is 9.23. The normalized spacial score (nSPS) is 25.3. The lowest BCUT2D eigenvalue weighted by Gasteiger charge is -2.28. The third kappa shape index (κ3) is 6.96. The molecule has 4 fully saturated rings. The van der Waals surface area contributed by atoms with Crippen molar-refractivity contribution in [3.8, 4) is 22.9 Å². The Hall–Kier alpha value is -4.97. The first-order chi connectivity index (χ1) is 24.8. The summed E-state index contributed by atoms with van der Waals surface area (Å²) < 4.78 is 39.5. The molecule has 2 aliphatic heterocycles. The molecule has 4 heterocycles. The minimum Gasteiger partial charge on any atom is -0.497 e. The number of hydrogen-bond acceptors (Lipinski definition) is 12. The number of benzene rings is 1. The van der Waals surface area contributed by atoms with Crippen LogP contribution in [-0.4, -0.2) is 102 Å². The average molecular weight is 753 g/mol. The molecule has 7 rings (SSSR count). The highest BCUT2D eigenvalue weighted by atomic mass is 32.2. The zero-order chi connectivity index (χ0) is 36.9. The molecule has 18 heteroatoms. The molecule has 0 spiro atoms. The first-order valence-corrected chi connectivity index (χ1v) is 19.5. The molecule has 16 nitrogen and oxygen atoms in total. The number of anilines is 1.